The second-order valence-electron chi connectivity index (χ2n) is 7.10. The monoisotopic (exact) mass is 456 g/mol. The third-order valence-electron chi connectivity index (χ3n) is 4.99. The summed E-state index contributed by atoms with van der Waals surface area (Å²) in [6, 6.07) is 7.74. The van der Waals surface area contributed by atoms with Crippen molar-refractivity contribution in [2.45, 2.75) is 30.2 Å². The maximum Gasteiger partial charge on any atom is 0.268 e. The summed E-state index contributed by atoms with van der Waals surface area (Å²) >= 11 is 0. The molecule has 4 rings (SSSR count). The smallest absolute Gasteiger partial charge is 0.268 e. The van der Waals surface area contributed by atoms with Gasteiger partial charge in [-0.1, -0.05) is 6.07 Å². The molecule has 2 aromatic carbocycles. The molecule has 0 aliphatic heterocycles. The van der Waals surface area contributed by atoms with Crippen molar-refractivity contribution in [2.75, 3.05) is 7.05 Å². The molecule has 30 heavy (non-hydrogen) atoms. The average molecular weight is 457 g/mol. The van der Waals surface area contributed by atoms with E-state index in [0.717, 1.165) is 46.6 Å². The molecule has 4 nitrogen and oxygen atoms in total. The highest BCUT2D eigenvalue weighted by Crippen LogP contribution is 2.48. The Labute approximate surface area is 179 Å². The Morgan fingerprint density at radius 2 is 1.77 bits per heavy atom. The number of hydrogen-bond donors (Lipinski definition) is 1. The zero-order valence-corrected chi connectivity index (χ0v) is 17.7. The Morgan fingerprint density at radius 3 is 2.37 bits per heavy atom. The van der Waals surface area contributed by atoms with Crippen LogP contribution >= 0.6 is 12.4 Å². The van der Waals surface area contributed by atoms with E-state index in [-0.39, 0.29) is 34.5 Å². The number of rotatable bonds is 6. The molecule has 160 valence electrons. The van der Waals surface area contributed by atoms with Crippen molar-refractivity contribution in [1.82, 2.24) is 9.29 Å². The summed E-state index contributed by atoms with van der Waals surface area (Å²) in [5, 5.41) is 3.00. The molecule has 1 heterocycles. The third-order valence-corrected chi connectivity index (χ3v) is 6.64. The second-order valence-corrected chi connectivity index (χ2v) is 8.92. The molecular weight excluding hydrogens is 437 g/mol. The molecule has 0 bridgehead atoms. The average Bonchev–Trinajstić information content (AvgIpc) is 3.43. The minimum Gasteiger partial charge on any atom is -0.316 e. The quantitative estimate of drug-likeness (QED) is 0.578. The van der Waals surface area contributed by atoms with Crippen LogP contribution in [0.4, 0.5) is 13.2 Å². The maximum atomic E-state index is 14.7. The lowest BCUT2D eigenvalue weighted by Gasteiger charge is -2.14. The van der Waals surface area contributed by atoms with Crippen LogP contribution < -0.4 is 5.32 Å². The predicted molar refractivity (Wildman–Crippen MR) is 111 cm³/mol. The molecule has 0 unspecified atom stereocenters. The first kappa shape index (κ1) is 22.4. The lowest BCUT2D eigenvalue weighted by Crippen LogP contribution is -2.14. The topological polar surface area (TPSA) is 51.1 Å². The minimum atomic E-state index is -4.20. The Balaban J connectivity index is 0.00000256. The maximum absolute atomic E-state index is 14.7. The van der Waals surface area contributed by atoms with E-state index in [1.807, 2.05) is 0 Å². The third kappa shape index (κ3) is 3.99. The summed E-state index contributed by atoms with van der Waals surface area (Å²) in [4.78, 5) is -0.241. The van der Waals surface area contributed by atoms with Gasteiger partial charge in [-0.05, 0) is 67.3 Å². The number of nitrogens with one attached hydrogen (secondary N) is 1. The van der Waals surface area contributed by atoms with Crippen molar-refractivity contribution in [3.8, 4) is 11.3 Å². The lowest BCUT2D eigenvalue weighted by atomic mass is 10.0. The van der Waals surface area contributed by atoms with E-state index >= 15 is 0 Å². The summed E-state index contributed by atoms with van der Waals surface area (Å²) in [7, 11) is -2.48. The van der Waals surface area contributed by atoms with Crippen LogP contribution in [0.5, 0.6) is 0 Å². The van der Waals surface area contributed by atoms with E-state index in [0.29, 0.717) is 12.1 Å². The molecule has 9 heteroatoms. The molecule has 0 radical (unpaired) electrons. The van der Waals surface area contributed by atoms with Crippen LogP contribution in [0.15, 0.2) is 53.6 Å². The molecule has 0 amide bonds. The molecule has 0 saturated heterocycles. The second kappa shape index (κ2) is 8.45. The van der Waals surface area contributed by atoms with Gasteiger partial charge < -0.3 is 5.32 Å². The Morgan fingerprint density at radius 1 is 1.07 bits per heavy atom. The van der Waals surface area contributed by atoms with E-state index < -0.39 is 27.5 Å². The van der Waals surface area contributed by atoms with Crippen molar-refractivity contribution in [1.29, 1.82) is 0 Å². The first-order valence-electron chi connectivity index (χ1n) is 9.18. The minimum absolute atomic E-state index is 0. The summed E-state index contributed by atoms with van der Waals surface area (Å²) in [6.45, 7) is 0.382. The fraction of sp³-hybridized carbons (Fsp3) is 0.238. The summed E-state index contributed by atoms with van der Waals surface area (Å²) in [6.07, 6.45) is 3.16. The summed E-state index contributed by atoms with van der Waals surface area (Å²) < 4.78 is 69.6. The molecule has 1 aliphatic rings. The largest absolute Gasteiger partial charge is 0.316 e. The zero-order valence-electron chi connectivity index (χ0n) is 16.0. The van der Waals surface area contributed by atoms with Crippen LogP contribution in [0, 0.1) is 17.5 Å². The van der Waals surface area contributed by atoms with Crippen LogP contribution in [0.2, 0.25) is 0 Å². The van der Waals surface area contributed by atoms with Gasteiger partial charge in [-0.25, -0.2) is 25.6 Å². The molecule has 0 atom stereocenters. The molecule has 3 aromatic rings. The van der Waals surface area contributed by atoms with Gasteiger partial charge in [-0.2, -0.15) is 0 Å². The van der Waals surface area contributed by atoms with Gasteiger partial charge >= 0.3 is 0 Å². The zero-order chi connectivity index (χ0) is 20.8. The molecule has 1 fully saturated rings. The Bertz CT molecular complexity index is 1190. The SMILES string of the molecule is CNCc1cn(S(=O)(=O)c2cccc(F)c2)c(-c2ccc(F)cc2F)c1C1CC1.Cl. The summed E-state index contributed by atoms with van der Waals surface area (Å²) in [5.74, 6) is -2.19. The first-order valence-corrected chi connectivity index (χ1v) is 10.6. The van der Waals surface area contributed by atoms with E-state index in [4.69, 9.17) is 0 Å². The van der Waals surface area contributed by atoms with Crippen molar-refractivity contribution in [3.05, 3.63) is 77.2 Å². The van der Waals surface area contributed by atoms with Gasteiger partial charge in [0.25, 0.3) is 10.0 Å². The number of nitrogens with zero attached hydrogens (tertiary/aromatic N) is 1. The Hall–Kier alpha value is -2.29. The fourth-order valence-corrected chi connectivity index (χ4v) is 5.02. The van der Waals surface area contributed by atoms with E-state index in [1.54, 1.807) is 7.05 Å². The molecular formula is C21H20ClF3N2O2S. The van der Waals surface area contributed by atoms with Gasteiger partial charge in [0, 0.05) is 24.4 Å². The molecule has 1 aliphatic carbocycles. The standard InChI is InChI=1S/C21H19F3N2O2S.ClH/c1-25-11-14-12-26(29(27,28)17-4-2-3-15(22)9-17)21(20(14)13-5-6-13)18-8-7-16(23)10-19(18)24;/h2-4,7-10,12-13,25H,5-6,11H2,1H3;1H. The van der Waals surface area contributed by atoms with Crippen molar-refractivity contribution < 1.29 is 21.6 Å². The van der Waals surface area contributed by atoms with Crippen LogP contribution in [0.25, 0.3) is 11.3 Å². The first-order chi connectivity index (χ1) is 13.8. The van der Waals surface area contributed by atoms with Crippen LogP contribution in [-0.4, -0.2) is 19.4 Å². The van der Waals surface area contributed by atoms with Crippen LogP contribution in [0.3, 0.4) is 0 Å². The normalized spacial score (nSPS) is 13.9. The highest BCUT2D eigenvalue weighted by molar-refractivity contribution is 7.90. The van der Waals surface area contributed by atoms with Gasteiger partial charge in [0.2, 0.25) is 0 Å². The summed E-state index contributed by atoms with van der Waals surface area (Å²) in [5.41, 5.74) is 1.61. The number of aromatic nitrogens is 1. The predicted octanol–water partition coefficient (Wildman–Crippen LogP) is 4.83. The van der Waals surface area contributed by atoms with E-state index in [2.05, 4.69) is 5.32 Å². The number of benzene rings is 2. The van der Waals surface area contributed by atoms with Gasteiger partial charge in [-0.15, -0.1) is 12.4 Å². The Kier molecular flexibility index (Phi) is 6.31. The highest BCUT2D eigenvalue weighted by Gasteiger charge is 2.35. The highest BCUT2D eigenvalue weighted by atomic mass is 35.5. The number of hydrogen-bond acceptors (Lipinski definition) is 3. The van der Waals surface area contributed by atoms with Crippen LogP contribution in [-0.2, 0) is 16.6 Å². The lowest BCUT2D eigenvalue weighted by molar-refractivity contribution is 0.581. The van der Waals surface area contributed by atoms with Crippen molar-refractivity contribution in [2.24, 2.45) is 0 Å². The van der Waals surface area contributed by atoms with Gasteiger partial charge in [-0.3, -0.25) is 0 Å². The van der Waals surface area contributed by atoms with Crippen molar-refractivity contribution >= 4 is 22.4 Å². The fourth-order valence-electron chi connectivity index (χ4n) is 3.58. The van der Waals surface area contributed by atoms with Crippen LogP contribution in [0.1, 0.15) is 29.9 Å². The van der Waals surface area contributed by atoms with Gasteiger partial charge in [0.1, 0.15) is 17.5 Å². The van der Waals surface area contributed by atoms with E-state index in [1.165, 1.54) is 24.4 Å². The van der Waals surface area contributed by atoms with E-state index in [9.17, 15) is 21.6 Å². The molecule has 1 aromatic heterocycles. The molecule has 1 saturated carbocycles. The molecule has 1 N–H and O–H groups in total. The van der Waals surface area contributed by atoms with Gasteiger partial charge in [0.05, 0.1) is 10.6 Å². The molecule has 0 spiro atoms. The number of halogens is 4. The van der Waals surface area contributed by atoms with Gasteiger partial charge in [0.15, 0.2) is 0 Å². The van der Waals surface area contributed by atoms with Crippen molar-refractivity contribution in [3.63, 3.8) is 0 Å².